The van der Waals surface area contributed by atoms with Crippen LogP contribution >= 0.6 is 0 Å². The molecule has 6 heteroatoms. The van der Waals surface area contributed by atoms with Gasteiger partial charge in [-0.15, -0.1) is 0 Å². The van der Waals surface area contributed by atoms with E-state index >= 15 is 0 Å². The lowest BCUT2D eigenvalue weighted by Crippen LogP contribution is -2.34. The van der Waals surface area contributed by atoms with Crippen LogP contribution in [0.3, 0.4) is 0 Å². The van der Waals surface area contributed by atoms with Crippen LogP contribution in [0.2, 0.25) is 0 Å². The first kappa shape index (κ1) is 11.8. The van der Waals surface area contributed by atoms with Gasteiger partial charge >= 0.3 is 0 Å². The number of aromatic amines is 1. The second-order valence-corrected chi connectivity index (χ2v) is 4.61. The third-order valence-electron chi connectivity index (χ3n) is 2.77. The van der Waals surface area contributed by atoms with Crippen molar-refractivity contribution in [2.45, 2.75) is 39.2 Å². The number of fused-ring (bicyclic) bond motifs is 1. The van der Waals surface area contributed by atoms with Crippen LogP contribution in [0.1, 0.15) is 38.2 Å². The topological polar surface area (TPSA) is 89.1 Å². The van der Waals surface area contributed by atoms with Gasteiger partial charge < -0.3 is 5.73 Å². The number of nitrogens with zero attached hydrogens (tertiary/aromatic N) is 3. The SMILES string of the molecule is CCCC(C)(N)c1nc2nc(C)cc(=O)n2[nH]1. The maximum Gasteiger partial charge on any atom is 0.274 e. The molecule has 0 amide bonds. The van der Waals surface area contributed by atoms with Crippen molar-refractivity contribution in [2.24, 2.45) is 5.73 Å². The Balaban J connectivity index is 2.59. The summed E-state index contributed by atoms with van der Waals surface area (Å²) in [5.74, 6) is 0.965. The molecule has 1 atom stereocenters. The first-order valence-electron chi connectivity index (χ1n) is 5.70. The van der Waals surface area contributed by atoms with Crippen molar-refractivity contribution in [2.75, 3.05) is 0 Å². The largest absolute Gasteiger partial charge is 0.319 e. The van der Waals surface area contributed by atoms with Crippen molar-refractivity contribution in [1.29, 1.82) is 0 Å². The highest BCUT2D eigenvalue weighted by atomic mass is 16.1. The zero-order valence-electron chi connectivity index (χ0n) is 10.3. The van der Waals surface area contributed by atoms with E-state index in [1.807, 2.05) is 6.92 Å². The van der Waals surface area contributed by atoms with Gasteiger partial charge in [-0.3, -0.25) is 9.89 Å². The van der Waals surface area contributed by atoms with E-state index in [0.29, 0.717) is 17.3 Å². The Bertz CT molecular complexity index is 595. The van der Waals surface area contributed by atoms with Gasteiger partial charge in [-0.05, 0) is 20.3 Å². The normalized spacial score (nSPS) is 15.1. The van der Waals surface area contributed by atoms with Crippen LogP contribution in [0.4, 0.5) is 0 Å². The molecule has 0 saturated heterocycles. The van der Waals surface area contributed by atoms with E-state index in [0.717, 1.165) is 12.8 Å². The van der Waals surface area contributed by atoms with Crippen LogP contribution in [-0.2, 0) is 5.54 Å². The van der Waals surface area contributed by atoms with Gasteiger partial charge in [0.05, 0.1) is 5.54 Å². The number of rotatable bonds is 3. The minimum absolute atomic E-state index is 0.168. The molecule has 2 aromatic heterocycles. The second kappa shape index (κ2) is 3.96. The molecule has 0 aromatic carbocycles. The van der Waals surface area contributed by atoms with Gasteiger partial charge in [-0.2, -0.15) is 9.50 Å². The molecule has 0 saturated carbocycles. The Morgan fingerprint density at radius 3 is 2.88 bits per heavy atom. The Morgan fingerprint density at radius 2 is 2.24 bits per heavy atom. The zero-order chi connectivity index (χ0) is 12.6. The number of hydrogen-bond acceptors (Lipinski definition) is 4. The molecule has 3 N–H and O–H groups in total. The van der Waals surface area contributed by atoms with Gasteiger partial charge in [0.15, 0.2) is 0 Å². The number of aromatic nitrogens is 4. The number of aryl methyl sites for hydroxylation is 1. The van der Waals surface area contributed by atoms with Crippen LogP contribution in [0.25, 0.3) is 5.78 Å². The van der Waals surface area contributed by atoms with Crippen molar-refractivity contribution in [3.63, 3.8) is 0 Å². The van der Waals surface area contributed by atoms with Crippen LogP contribution < -0.4 is 11.3 Å². The minimum Gasteiger partial charge on any atom is -0.319 e. The molecule has 17 heavy (non-hydrogen) atoms. The molecule has 1 unspecified atom stereocenters. The Labute approximate surface area is 98.9 Å². The maximum absolute atomic E-state index is 11.7. The fourth-order valence-corrected chi connectivity index (χ4v) is 1.89. The molecule has 92 valence electrons. The molecular weight excluding hydrogens is 218 g/mol. The quantitative estimate of drug-likeness (QED) is 0.819. The summed E-state index contributed by atoms with van der Waals surface area (Å²) in [4.78, 5) is 20.2. The first-order valence-corrected chi connectivity index (χ1v) is 5.70. The van der Waals surface area contributed by atoms with Crippen LogP contribution in [-0.4, -0.2) is 19.6 Å². The van der Waals surface area contributed by atoms with E-state index in [2.05, 4.69) is 22.0 Å². The predicted molar refractivity (Wildman–Crippen MR) is 64.8 cm³/mol. The lowest BCUT2D eigenvalue weighted by Gasteiger charge is -2.20. The minimum atomic E-state index is -0.567. The van der Waals surface area contributed by atoms with Crippen molar-refractivity contribution >= 4 is 5.78 Å². The van der Waals surface area contributed by atoms with Crippen LogP contribution in [0, 0.1) is 6.92 Å². The molecule has 0 aliphatic rings. The van der Waals surface area contributed by atoms with Crippen LogP contribution in [0.5, 0.6) is 0 Å². The molecular formula is C11H17N5O. The predicted octanol–water partition coefficient (Wildman–Crippen LogP) is 0.700. The summed E-state index contributed by atoms with van der Waals surface area (Å²) in [6.07, 6.45) is 1.74. The van der Waals surface area contributed by atoms with Gasteiger partial charge in [0.2, 0.25) is 0 Å². The molecule has 2 aromatic rings. The third kappa shape index (κ3) is 2.08. The molecule has 0 spiro atoms. The van der Waals surface area contributed by atoms with Crippen molar-refractivity contribution in [1.82, 2.24) is 19.6 Å². The van der Waals surface area contributed by atoms with E-state index in [-0.39, 0.29) is 5.56 Å². The number of nitrogens with two attached hydrogens (primary N) is 1. The van der Waals surface area contributed by atoms with Gasteiger partial charge in [-0.25, -0.2) is 4.98 Å². The van der Waals surface area contributed by atoms with Gasteiger partial charge in [-0.1, -0.05) is 13.3 Å². The average Bonchev–Trinajstić information content (AvgIpc) is 2.62. The van der Waals surface area contributed by atoms with E-state index in [1.165, 1.54) is 10.6 Å². The standard InChI is InChI=1S/C11H17N5O/c1-4-5-11(3,12)9-14-10-13-7(2)6-8(17)16(10)15-9/h6H,4-5,12H2,1-3H3,(H,13,14,15). The Hall–Kier alpha value is -1.69. The highest BCUT2D eigenvalue weighted by Gasteiger charge is 2.24. The van der Waals surface area contributed by atoms with Crippen LogP contribution in [0.15, 0.2) is 10.9 Å². The van der Waals surface area contributed by atoms with Gasteiger partial charge in [0.25, 0.3) is 11.3 Å². The van der Waals surface area contributed by atoms with E-state index in [1.54, 1.807) is 6.92 Å². The van der Waals surface area contributed by atoms with E-state index in [9.17, 15) is 4.79 Å². The summed E-state index contributed by atoms with van der Waals surface area (Å²) in [5, 5.41) is 2.92. The van der Waals surface area contributed by atoms with E-state index in [4.69, 9.17) is 5.73 Å². The molecule has 0 fully saturated rings. The molecule has 0 radical (unpaired) electrons. The Morgan fingerprint density at radius 1 is 1.53 bits per heavy atom. The molecule has 2 heterocycles. The van der Waals surface area contributed by atoms with Gasteiger partial charge in [0, 0.05) is 11.8 Å². The van der Waals surface area contributed by atoms with Crippen molar-refractivity contribution in [3.05, 3.63) is 27.9 Å². The fourth-order valence-electron chi connectivity index (χ4n) is 1.89. The smallest absolute Gasteiger partial charge is 0.274 e. The van der Waals surface area contributed by atoms with E-state index < -0.39 is 5.54 Å². The number of hydrogen-bond donors (Lipinski definition) is 2. The number of H-pyrrole nitrogens is 1. The Kier molecular flexibility index (Phi) is 2.74. The summed E-state index contributed by atoms with van der Waals surface area (Å²) in [7, 11) is 0. The molecule has 0 bridgehead atoms. The number of nitrogens with one attached hydrogen (secondary N) is 1. The zero-order valence-corrected chi connectivity index (χ0v) is 10.3. The average molecular weight is 235 g/mol. The monoisotopic (exact) mass is 235 g/mol. The summed E-state index contributed by atoms with van der Waals surface area (Å²) < 4.78 is 1.32. The highest BCUT2D eigenvalue weighted by molar-refractivity contribution is 5.29. The summed E-state index contributed by atoms with van der Waals surface area (Å²) >= 11 is 0. The molecule has 6 nitrogen and oxygen atoms in total. The second-order valence-electron chi connectivity index (χ2n) is 4.61. The maximum atomic E-state index is 11.7. The molecule has 2 rings (SSSR count). The molecule has 0 aliphatic carbocycles. The first-order chi connectivity index (χ1) is 7.94. The summed E-state index contributed by atoms with van der Waals surface area (Å²) in [5.41, 5.74) is 6.08. The van der Waals surface area contributed by atoms with Crippen molar-refractivity contribution < 1.29 is 0 Å². The lowest BCUT2D eigenvalue weighted by molar-refractivity contribution is 0.420. The highest BCUT2D eigenvalue weighted by Crippen LogP contribution is 2.19. The molecule has 0 aliphatic heterocycles. The third-order valence-corrected chi connectivity index (χ3v) is 2.77. The van der Waals surface area contributed by atoms with Gasteiger partial charge in [0.1, 0.15) is 5.82 Å². The lowest BCUT2D eigenvalue weighted by atomic mass is 9.97. The summed E-state index contributed by atoms with van der Waals surface area (Å²) in [6.45, 7) is 5.72. The summed E-state index contributed by atoms with van der Waals surface area (Å²) in [6, 6.07) is 1.46. The fraction of sp³-hybridized carbons (Fsp3) is 0.545. The van der Waals surface area contributed by atoms with Crippen molar-refractivity contribution in [3.8, 4) is 0 Å².